The minimum Gasteiger partial charge on any atom is -0.466 e. The van der Waals surface area contributed by atoms with Gasteiger partial charge in [0.2, 0.25) is 0 Å². The number of fused-ring (bicyclic) bond motifs is 3. The van der Waals surface area contributed by atoms with Gasteiger partial charge >= 0.3 is 5.97 Å². The molecule has 2 aromatic rings. The molecule has 1 fully saturated rings. The molecule has 128 valence electrons. The Hall–Kier alpha value is -1.69. The number of aromatic nitrogens is 2. The average Bonchev–Trinajstić information content (AvgIpc) is 3.00. The summed E-state index contributed by atoms with van der Waals surface area (Å²) in [6.45, 7) is 3.97. The van der Waals surface area contributed by atoms with Gasteiger partial charge < -0.3 is 9.64 Å². The van der Waals surface area contributed by atoms with E-state index in [1.807, 2.05) is 18.3 Å². The normalized spacial score (nSPS) is 20.9. The molecule has 3 heterocycles. The highest BCUT2D eigenvalue weighted by atomic mass is 32.1. The fourth-order valence-electron chi connectivity index (χ4n) is 3.94. The molecule has 6 heteroatoms. The number of hydrogen-bond donors (Lipinski definition) is 0. The molecule has 1 aliphatic heterocycles. The van der Waals surface area contributed by atoms with Crippen molar-refractivity contribution in [1.82, 2.24) is 9.97 Å². The molecule has 0 spiro atoms. The molecule has 0 N–H and O–H groups in total. The zero-order valence-corrected chi connectivity index (χ0v) is 14.9. The molecule has 1 saturated heterocycles. The van der Waals surface area contributed by atoms with Crippen LogP contribution in [0, 0.1) is 5.92 Å². The number of esters is 1. The standard InChI is InChI=1S/C18H23N3O2S/c1-2-23-18(22)12-6-5-9-21(10-12)16-15-13-7-3-4-8-14(13)24-17(15)20-11-19-16/h11-12H,2-10H2,1H3. The Bertz CT molecular complexity index is 758. The van der Waals surface area contributed by atoms with Crippen LogP contribution in [0.25, 0.3) is 10.2 Å². The van der Waals surface area contributed by atoms with E-state index < -0.39 is 0 Å². The lowest BCUT2D eigenvalue weighted by Crippen LogP contribution is -2.40. The molecule has 2 aliphatic rings. The number of aryl methyl sites for hydroxylation is 2. The lowest BCUT2D eigenvalue weighted by atomic mass is 9.95. The van der Waals surface area contributed by atoms with Gasteiger partial charge in [-0.25, -0.2) is 9.97 Å². The smallest absolute Gasteiger partial charge is 0.310 e. The van der Waals surface area contributed by atoms with Gasteiger partial charge in [0, 0.05) is 18.0 Å². The number of piperidine rings is 1. The van der Waals surface area contributed by atoms with Crippen molar-refractivity contribution in [2.45, 2.75) is 45.4 Å². The summed E-state index contributed by atoms with van der Waals surface area (Å²) >= 11 is 1.82. The molecule has 1 aliphatic carbocycles. The first-order chi connectivity index (χ1) is 11.8. The number of anilines is 1. The Balaban J connectivity index is 1.68. The Morgan fingerprint density at radius 2 is 2.21 bits per heavy atom. The van der Waals surface area contributed by atoms with Gasteiger partial charge in [-0.05, 0) is 51.0 Å². The van der Waals surface area contributed by atoms with E-state index in [0.29, 0.717) is 13.2 Å². The summed E-state index contributed by atoms with van der Waals surface area (Å²) in [6.07, 6.45) is 8.40. The first-order valence-corrected chi connectivity index (χ1v) is 9.76. The van der Waals surface area contributed by atoms with Crippen molar-refractivity contribution < 1.29 is 9.53 Å². The third-order valence-corrected chi connectivity index (χ3v) is 6.27. The predicted octanol–water partition coefficient (Wildman–Crippen LogP) is 3.35. The van der Waals surface area contributed by atoms with Crippen LogP contribution in [0.5, 0.6) is 0 Å². The second kappa shape index (κ2) is 6.67. The molecular weight excluding hydrogens is 322 g/mol. The zero-order chi connectivity index (χ0) is 16.5. The van der Waals surface area contributed by atoms with Crippen molar-refractivity contribution in [1.29, 1.82) is 0 Å². The number of ether oxygens (including phenoxy) is 1. The number of carbonyl (C=O) groups excluding carboxylic acids is 1. The molecule has 0 saturated carbocycles. The van der Waals surface area contributed by atoms with Crippen LogP contribution in [0.1, 0.15) is 43.0 Å². The third-order valence-electron chi connectivity index (χ3n) is 5.07. The lowest BCUT2D eigenvalue weighted by molar-refractivity contribution is -0.148. The second-order valence-corrected chi connectivity index (χ2v) is 7.71. The van der Waals surface area contributed by atoms with Crippen molar-refractivity contribution in [2.75, 3.05) is 24.6 Å². The fraction of sp³-hybridized carbons (Fsp3) is 0.611. The topological polar surface area (TPSA) is 55.3 Å². The summed E-state index contributed by atoms with van der Waals surface area (Å²) in [7, 11) is 0. The highest BCUT2D eigenvalue weighted by molar-refractivity contribution is 7.19. The van der Waals surface area contributed by atoms with E-state index in [1.165, 1.54) is 35.1 Å². The van der Waals surface area contributed by atoms with Crippen LogP contribution in [0.3, 0.4) is 0 Å². The average molecular weight is 345 g/mol. The van der Waals surface area contributed by atoms with Crippen LogP contribution in [-0.4, -0.2) is 35.6 Å². The largest absolute Gasteiger partial charge is 0.466 e. The van der Waals surface area contributed by atoms with Gasteiger partial charge in [0.1, 0.15) is 17.0 Å². The number of carbonyl (C=O) groups is 1. The van der Waals surface area contributed by atoms with E-state index in [4.69, 9.17) is 4.74 Å². The first-order valence-electron chi connectivity index (χ1n) is 8.94. The van der Waals surface area contributed by atoms with E-state index in [9.17, 15) is 4.79 Å². The highest BCUT2D eigenvalue weighted by Crippen LogP contribution is 2.40. The van der Waals surface area contributed by atoms with Gasteiger partial charge in [-0.1, -0.05) is 0 Å². The Morgan fingerprint density at radius 1 is 1.33 bits per heavy atom. The Labute approximate surface area is 146 Å². The minimum atomic E-state index is -0.0696. The maximum atomic E-state index is 12.1. The number of hydrogen-bond acceptors (Lipinski definition) is 6. The van der Waals surface area contributed by atoms with Gasteiger partial charge in [0.05, 0.1) is 17.9 Å². The van der Waals surface area contributed by atoms with Gasteiger partial charge in [0.25, 0.3) is 0 Å². The maximum absolute atomic E-state index is 12.1. The van der Waals surface area contributed by atoms with Crippen LogP contribution < -0.4 is 4.90 Å². The monoisotopic (exact) mass is 345 g/mol. The van der Waals surface area contributed by atoms with Crippen LogP contribution in [0.4, 0.5) is 5.82 Å². The van der Waals surface area contributed by atoms with Crippen LogP contribution in [0.15, 0.2) is 6.33 Å². The van der Waals surface area contributed by atoms with Crippen LogP contribution in [0.2, 0.25) is 0 Å². The molecule has 2 aromatic heterocycles. The summed E-state index contributed by atoms with van der Waals surface area (Å²) in [5.74, 6) is 0.909. The molecule has 4 rings (SSSR count). The van der Waals surface area contributed by atoms with Crippen molar-refractivity contribution in [3.8, 4) is 0 Å². The summed E-state index contributed by atoms with van der Waals surface area (Å²) in [5.41, 5.74) is 1.45. The van der Waals surface area contributed by atoms with E-state index in [-0.39, 0.29) is 11.9 Å². The zero-order valence-electron chi connectivity index (χ0n) is 14.1. The summed E-state index contributed by atoms with van der Waals surface area (Å²) in [5, 5.41) is 1.24. The highest BCUT2D eigenvalue weighted by Gasteiger charge is 2.30. The van der Waals surface area contributed by atoms with Crippen molar-refractivity contribution in [3.05, 3.63) is 16.8 Å². The molecule has 0 amide bonds. The minimum absolute atomic E-state index is 0.0434. The maximum Gasteiger partial charge on any atom is 0.310 e. The van der Waals surface area contributed by atoms with Crippen molar-refractivity contribution in [2.24, 2.45) is 5.92 Å². The molecule has 1 unspecified atom stereocenters. The van der Waals surface area contributed by atoms with Crippen LogP contribution in [-0.2, 0) is 22.4 Å². The van der Waals surface area contributed by atoms with Crippen molar-refractivity contribution in [3.63, 3.8) is 0 Å². The lowest BCUT2D eigenvalue weighted by Gasteiger charge is -2.33. The fourth-order valence-corrected chi connectivity index (χ4v) is 5.16. The number of rotatable bonds is 3. The number of thiophene rings is 1. The first kappa shape index (κ1) is 15.8. The Morgan fingerprint density at radius 3 is 3.08 bits per heavy atom. The van der Waals surface area contributed by atoms with Crippen molar-refractivity contribution >= 4 is 33.3 Å². The predicted molar refractivity (Wildman–Crippen MR) is 95.6 cm³/mol. The molecule has 0 radical (unpaired) electrons. The van der Waals surface area contributed by atoms with Gasteiger partial charge in [0.15, 0.2) is 0 Å². The van der Waals surface area contributed by atoms with E-state index in [2.05, 4.69) is 14.9 Å². The van der Waals surface area contributed by atoms with Gasteiger partial charge in [-0.2, -0.15) is 0 Å². The third kappa shape index (κ3) is 2.77. The molecular formula is C18H23N3O2S. The summed E-state index contributed by atoms with van der Waals surface area (Å²) in [6, 6.07) is 0. The Kier molecular flexibility index (Phi) is 4.39. The molecule has 1 atom stereocenters. The van der Waals surface area contributed by atoms with Gasteiger partial charge in [-0.15, -0.1) is 11.3 Å². The summed E-state index contributed by atoms with van der Waals surface area (Å²) < 4.78 is 5.23. The molecule has 0 bridgehead atoms. The molecule has 24 heavy (non-hydrogen) atoms. The quantitative estimate of drug-likeness (QED) is 0.799. The van der Waals surface area contributed by atoms with E-state index >= 15 is 0 Å². The second-order valence-electron chi connectivity index (χ2n) is 6.63. The summed E-state index contributed by atoms with van der Waals surface area (Å²) in [4.78, 5) is 26.1. The molecule has 5 nitrogen and oxygen atoms in total. The van der Waals surface area contributed by atoms with E-state index in [1.54, 1.807) is 6.33 Å². The van der Waals surface area contributed by atoms with Gasteiger partial charge in [-0.3, -0.25) is 4.79 Å². The molecule has 0 aromatic carbocycles. The SMILES string of the molecule is CCOC(=O)C1CCCN(c2ncnc3sc4c(c23)CCCC4)C1. The van der Waals surface area contributed by atoms with Crippen LogP contribution >= 0.6 is 11.3 Å². The van der Waals surface area contributed by atoms with E-state index in [0.717, 1.165) is 36.5 Å². The number of nitrogens with zero attached hydrogens (tertiary/aromatic N) is 3.